The van der Waals surface area contributed by atoms with Crippen LogP contribution in [0.3, 0.4) is 0 Å². The Morgan fingerprint density at radius 3 is 2.47 bits per heavy atom. The molecule has 84 valence electrons. The number of methoxy groups -OCH3 is 2. The molecule has 15 heavy (non-hydrogen) atoms. The largest absolute Gasteiger partial charge is 0.355 e. The number of halogens is 1. The molecule has 0 aromatic heterocycles. The Labute approximate surface area is 102 Å². The standard InChI is InChI=1S/C11H16BrNO2/c1-14-11(15-2)8-13-7-9-3-5-10(12)6-4-9/h3-6,11,13H,7-8H2,1-2H3/i7D2. The molecule has 1 rings (SSSR count). The summed E-state index contributed by atoms with van der Waals surface area (Å²) in [5.74, 6) is 0. The molecule has 0 saturated heterocycles. The number of hydrogen-bond donors (Lipinski definition) is 1. The lowest BCUT2D eigenvalue weighted by Crippen LogP contribution is -2.29. The first kappa shape index (κ1) is 9.78. The zero-order valence-electron chi connectivity index (χ0n) is 10.8. The van der Waals surface area contributed by atoms with Crippen molar-refractivity contribution >= 4 is 15.9 Å². The number of rotatable bonds is 6. The molecule has 0 spiro atoms. The third-order valence-electron chi connectivity index (χ3n) is 1.87. The Morgan fingerprint density at radius 2 is 1.93 bits per heavy atom. The summed E-state index contributed by atoms with van der Waals surface area (Å²) < 4.78 is 26.7. The fourth-order valence-electron chi connectivity index (χ4n) is 1.03. The van der Waals surface area contributed by atoms with Gasteiger partial charge in [-0.15, -0.1) is 0 Å². The Kier molecular flexibility index (Phi) is 4.53. The maximum Gasteiger partial charge on any atom is 0.169 e. The molecular weight excluding hydrogens is 258 g/mol. The van der Waals surface area contributed by atoms with Crippen molar-refractivity contribution in [2.45, 2.75) is 12.8 Å². The Morgan fingerprint density at radius 1 is 1.33 bits per heavy atom. The van der Waals surface area contributed by atoms with Gasteiger partial charge in [0.2, 0.25) is 0 Å². The van der Waals surface area contributed by atoms with E-state index in [0.717, 1.165) is 4.47 Å². The fourth-order valence-corrected chi connectivity index (χ4v) is 1.30. The van der Waals surface area contributed by atoms with Crippen LogP contribution in [0.4, 0.5) is 0 Å². The first-order valence-corrected chi connectivity index (χ1v) is 5.35. The van der Waals surface area contributed by atoms with Gasteiger partial charge in [0.25, 0.3) is 0 Å². The minimum absolute atomic E-state index is 0.274. The zero-order chi connectivity index (χ0) is 12.9. The van der Waals surface area contributed by atoms with Gasteiger partial charge in [-0.05, 0) is 17.7 Å². The van der Waals surface area contributed by atoms with E-state index >= 15 is 0 Å². The molecule has 1 aromatic carbocycles. The number of hydrogen-bond acceptors (Lipinski definition) is 3. The van der Waals surface area contributed by atoms with Crippen molar-refractivity contribution in [2.24, 2.45) is 0 Å². The van der Waals surface area contributed by atoms with Gasteiger partial charge in [-0.1, -0.05) is 28.1 Å². The van der Waals surface area contributed by atoms with Crippen molar-refractivity contribution in [3.05, 3.63) is 34.3 Å². The average molecular weight is 276 g/mol. The van der Waals surface area contributed by atoms with E-state index in [1.54, 1.807) is 24.3 Å². The van der Waals surface area contributed by atoms with E-state index < -0.39 is 12.8 Å². The molecular formula is C11H16BrNO2. The second-order valence-electron chi connectivity index (χ2n) is 2.91. The Balaban J connectivity index is 2.64. The van der Waals surface area contributed by atoms with Crippen molar-refractivity contribution in [1.82, 2.24) is 5.32 Å². The van der Waals surface area contributed by atoms with Crippen LogP contribution in [-0.4, -0.2) is 27.1 Å². The molecule has 0 fully saturated rings. The second-order valence-corrected chi connectivity index (χ2v) is 3.83. The molecule has 3 nitrogen and oxygen atoms in total. The first-order chi connectivity index (χ1) is 7.99. The van der Waals surface area contributed by atoms with Crippen molar-refractivity contribution in [3.8, 4) is 0 Å². The molecule has 4 heteroatoms. The first-order valence-electron chi connectivity index (χ1n) is 5.56. The summed E-state index contributed by atoms with van der Waals surface area (Å²) in [5, 5.41) is 2.76. The van der Waals surface area contributed by atoms with Crippen molar-refractivity contribution < 1.29 is 12.2 Å². The van der Waals surface area contributed by atoms with Crippen molar-refractivity contribution in [3.63, 3.8) is 0 Å². The van der Waals surface area contributed by atoms with Crippen LogP contribution in [-0.2, 0) is 16.0 Å². The molecule has 1 aromatic rings. The molecule has 0 aliphatic heterocycles. The summed E-state index contributed by atoms with van der Waals surface area (Å²) in [6.45, 7) is -1.34. The number of benzene rings is 1. The normalized spacial score (nSPS) is 13.9. The summed E-state index contributed by atoms with van der Waals surface area (Å²) in [6, 6.07) is 7.06. The van der Waals surface area contributed by atoms with Crippen LogP contribution in [0.25, 0.3) is 0 Å². The van der Waals surface area contributed by atoms with Gasteiger partial charge in [0, 0.05) is 34.5 Å². The molecule has 0 radical (unpaired) electrons. The lowest BCUT2D eigenvalue weighted by Gasteiger charge is -2.13. The molecule has 0 unspecified atom stereocenters. The minimum Gasteiger partial charge on any atom is -0.355 e. The van der Waals surface area contributed by atoms with Crippen LogP contribution >= 0.6 is 15.9 Å². The summed E-state index contributed by atoms with van der Waals surface area (Å²) in [7, 11) is 3.04. The monoisotopic (exact) mass is 275 g/mol. The van der Waals surface area contributed by atoms with E-state index in [2.05, 4.69) is 21.2 Å². The van der Waals surface area contributed by atoms with E-state index in [1.165, 1.54) is 14.2 Å². The Hall–Kier alpha value is -0.420. The van der Waals surface area contributed by atoms with E-state index in [4.69, 9.17) is 12.2 Å². The van der Waals surface area contributed by atoms with Gasteiger partial charge in [0.1, 0.15) is 0 Å². The quantitative estimate of drug-likeness (QED) is 0.808. The van der Waals surface area contributed by atoms with E-state index in [-0.39, 0.29) is 6.54 Å². The van der Waals surface area contributed by atoms with E-state index in [0.29, 0.717) is 5.56 Å². The van der Waals surface area contributed by atoms with Gasteiger partial charge in [-0.2, -0.15) is 0 Å². The molecule has 0 bridgehead atoms. The summed E-state index contributed by atoms with van der Waals surface area (Å²) in [5.41, 5.74) is 0.562. The van der Waals surface area contributed by atoms with Gasteiger partial charge < -0.3 is 14.8 Å². The van der Waals surface area contributed by atoms with Gasteiger partial charge >= 0.3 is 0 Å². The number of ether oxygens (including phenoxy) is 2. The van der Waals surface area contributed by atoms with Crippen LogP contribution in [0, 0.1) is 0 Å². The molecule has 0 aliphatic carbocycles. The molecule has 0 heterocycles. The van der Waals surface area contributed by atoms with Gasteiger partial charge in [0.15, 0.2) is 6.29 Å². The smallest absolute Gasteiger partial charge is 0.169 e. The van der Waals surface area contributed by atoms with Crippen LogP contribution in [0.5, 0.6) is 0 Å². The maximum absolute atomic E-state index is 7.91. The van der Waals surface area contributed by atoms with Gasteiger partial charge in [-0.25, -0.2) is 0 Å². The summed E-state index contributed by atoms with van der Waals surface area (Å²) in [6.07, 6.45) is -0.458. The van der Waals surface area contributed by atoms with Crippen LogP contribution in [0.1, 0.15) is 8.30 Å². The van der Waals surface area contributed by atoms with Gasteiger partial charge in [-0.3, -0.25) is 0 Å². The minimum atomic E-state index is -1.62. The summed E-state index contributed by atoms with van der Waals surface area (Å²) in [4.78, 5) is 0. The maximum atomic E-state index is 7.91. The highest BCUT2D eigenvalue weighted by atomic mass is 79.9. The zero-order valence-corrected chi connectivity index (χ0v) is 10.4. The predicted molar refractivity (Wildman–Crippen MR) is 63.7 cm³/mol. The van der Waals surface area contributed by atoms with Gasteiger partial charge in [0.05, 0.1) is 0 Å². The molecule has 0 atom stereocenters. The van der Waals surface area contributed by atoms with Crippen molar-refractivity contribution in [1.29, 1.82) is 0 Å². The number of nitrogens with one attached hydrogen (secondary N) is 1. The van der Waals surface area contributed by atoms with Crippen LogP contribution < -0.4 is 5.32 Å². The fraction of sp³-hybridized carbons (Fsp3) is 0.455. The highest BCUT2D eigenvalue weighted by Crippen LogP contribution is 2.10. The van der Waals surface area contributed by atoms with Crippen molar-refractivity contribution in [2.75, 3.05) is 20.8 Å². The third kappa shape index (κ3) is 4.75. The highest BCUT2D eigenvalue weighted by molar-refractivity contribution is 9.10. The van der Waals surface area contributed by atoms with E-state index in [9.17, 15) is 0 Å². The second kappa shape index (κ2) is 6.95. The highest BCUT2D eigenvalue weighted by Gasteiger charge is 2.03. The topological polar surface area (TPSA) is 30.5 Å². The summed E-state index contributed by atoms with van der Waals surface area (Å²) >= 11 is 3.31. The molecule has 0 amide bonds. The molecule has 1 N–H and O–H groups in total. The Bertz CT molecular complexity index is 342. The predicted octanol–water partition coefficient (Wildman–Crippen LogP) is 2.16. The average Bonchev–Trinajstić information content (AvgIpc) is 2.31. The molecule has 0 saturated carbocycles. The lowest BCUT2D eigenvalue weighted by atomic mass is 10.2. The third-order valence-corrected chi connectivity index (χ3v) is 2.40. The van der Waals surface area contributed by atoms with Crippen LogP contribution in [0.2, 0.25) is 0 Å². The van der Waals surface area contributed by atoms with Crippen LogP contribution in [0.15, 0.2) is 28.7 Å². The SMILES string of the molecule is [2H]C([2H])(NCC(OC)OC)c1ccc(Br)cc1. The lowest BCUT2D eigenvalue weighted by molar-refractivity contribution is -0.0989. The van der Waals surface area contributed by atoms with E-state index in [1.807, 2.05) is 0 Å². The molecule has 0 aliphatic rings.